The molecule has 1 N–H and O–H groups in total. The highest BCUT2D eigenvalue weighted by Gasteiger charge is 2.40. The van der Waals surface area contributed by atoms with Crippen LogP contribution in [0.1, 0.15) is 13.8 Å². The van der Waals surface area contributed by atoms with E-state index < -0.39 is 5.41 Å². The molecule has 0 unspecified atom stereocenters. The number of rotatable bonds is 3. The fourth-order valence-electron chi connectivity index (χ4n) is 2.91. The molecule has 0 bridgehead atoms. The van der Waals surface area contributed by atoms with Crippen LogP contribution < -0.4 is 14.8 Å². The number of piperazine rings is 1. The van der Waals surface area contributed by atoms with Gasteiger partial charge in [0.15, 0.2) is 11.5 Å². The molecule has 2 aliphatic rings. The largest absolute Gasteiger partial charge is 0.486 e. The third-order valence-corrected chi connectivity index (χ3v) is 4.69. The van der Waals surface area contributed by atoms with E-state index in [0.29, 0.717) is 43.5 Å². The Kier molecular flexibility index (Phi) is 4.85. The summed E-state index contributed by atoms with van der Waals surface area (Å²) in [5, 5.41) is 2.83. The molecule has 7 heteroatoms. The lowest BCUT2D eigenvalue weighted by Gasteiger charge is -2.36. The van der Waals surface area contributed by atoms with E-state index in [1.165, 1.54) is 0 Å². The maximum absolute atomic E-state index is 12.8. The first kappa shape index (κ1) is 17.5. The Morgan fingerprint density at radius 3 is 2.36 bits per heavy atom. The van der Waals surface area contributed by atoms with Crippen molar-refractivity contribution in [2.45, 2.75) is 13.8 Å². The van der Waals surface area contributed by atoms with E-state index in [1.807, 2.05) is 7.05 Å². The van der Waals surface area contributed by atoms with Crippen LogP contribution in [-0.2, 0) is 9.59 Å². The summed E-state index contributed by atoms with van der Waals surface area (Å²) in [4.78, 5) is 29.4. The summed E-state index contributed by atoms with van der Waals surface area (Å²) in [5.74, 6) is 0.799. The van der Waals surface area contributed by atoms with Crippen LogP contribution in [0, 0.1) is 5.41 Å². The molecule has 1 aromatic carbocycles. The molecule has 3 rings (SSSR count). The van der Waals surface area contributed by atoms with Gasteiger partial charge < -0.3 is 24.6 Å². The molecule has 2 amide bonds. The number of carbonyl (C=O) groups is 2. The number of nitrogens with zero attached hydrogens (tertiary/aromatic N) is 2. The summed E-state index contributed by atoms with van der Waals surface area (Å²) in [7, 11) is 2.03. The molecule has 136 valence electrons. The van der Waals surface area contributed by atoms with Gasteiger partial charge in [-0.1, -0.05) is 0 Å². The van der Waals surface area contributed by atoms with Crippen molar-refractivity contribution < 1.29 is 19.1 Å². The van der Waals surface area contributed by atoms with E-state index in [-0.39, 0.29) is 11.8 Å². The van der Waals surface area contributed by atoms with Gasteiger partial charge in [-0.15, -0.1) is 0 Å². The van der Waals surface area contributed by atoms with Gasteiger partial charge in [0, 0.05) is 37.9 Å². The van der Waals surface area contributed by atoms with E-state index >= 15 is 0 Å². The van der Waals surface area contributed by atoms with Crippen LogP contribution in [0.25, 0.3) is 0 Å². The van der Waals surface area contributed by atoms with Crippen molar-refractivity contribution in [2.24, 2.45) is 5.41 Å². The van der Waals surface area contributed by atoms with E-state index in [1.54, 1.807) is 36.9 Å². The Hall–Kier alpha value is -2.28. The molecule has 0 aliphatic carbocycles. The number of carbonyl (C=O) groups excluding carboxylic acids is 2. The van der Waals surface area contributed by atoms with Gasteiger partial charge in [0.25, 0.3) is 0 Å². The summed E-state index contributed by atoms with van der Waals surface area (Å²) < 4.78 is 11.0. The van der Waals surface area contributed by atoms with Gasteiger partial charge in [-0.25, -0.2) is 0 Å². The zero-order chi connectivity index (χ0) is 18.0. The predicted octanol–water partition coefficient (Wildman–Crippen LogP) is 1.20. The van der Waals surface area contributed by atoms with Gasteiger partial charge in [0.2, 0.25) is 11.8 Å². The second kappa shape index (κ2) is 6.92. The third kappa shape index (κ3) is 3.71. The Morgan fingerprint density at radius 2 is 1.68 bits per heavy atom. The number of hydrogen-bond donors (Lipinski definition) is 1. The van der Waals surface area contributed by atoms with Crippen molar-refractivity contribution in [1.29, 1.82) is 0 Å². The highest BCUT2D eigenvalue weighted by atomic mass is 16.6. The van der Waals surface area contributed by atoms with Gasteiger partial charge in [-0.3, -0.25) is 9.59 Å². The molecule has 1 fully saturated rings. The van der Waals surface area contributed by atoms with Crippen LogP contribution in [-0.4, -0.2) is 68.1 Å². The van der Waals surface area contributed by atoms with Crippen LogP contribution in [0.4, 0.5) is 5.69 Å². The normalized spacial score (nSPS) is 18.0. The summed E-state index contributed by atoms with van der Waals surface area (Å²) >= 11 is 0. The van der Waals surface area contributed by atoms with Gasteiger partial charge in [-0.05, 0) is 33.0 Å². The molecule has 0 saturated carbocycles. The first-order valence-corrected chi connectivity index (χ1v) is 8.57. The van der Waals surface area contributed by atoms with Crippen LogP contribution in [0.15, 0.2) is 18.2 Å². The average Bonchev–Trinajstić information content (AvgIpc) is 2.61. The summed E-state index contributed by atoms with van der Waals surface area (Å²) in [6, 6.07) is 5.24. The first-order valence-electron chi connectivity index (χ1n) is 8.57. The minimum Gasteiger partial charge on any atom is -0.486 e. The van der Waals surface area contributed by atoms with E-state index in [0.717, 1.165) is 13.1 Å². The average molecular weight is 347 g/mol. The molecule has 1 saturated heterocycles. The molecule has 0 atom stereocenters. The lowest BCUT2D eigenvalue weighted by Crippen LogP contribution is -2.53. The fourth-order valence-corrected chi connectivity index (χ4v) is 2.91. The highest BCUT2D eigenvalue weighted by Crippen LogP contribution is 2.33. The summed E-state index contributed by atoms with van der Waals surface area (Å²) in [5.41, 5.74) is -0.545. The number of benzene rings is 1. The van der Waals surface area contributed by atoms with Crippen LogP contribution >= 0.6 is 0 Å². The molecule has 0 aromatic heterocycles. The maximum atomic E-state index is 12.8. The number of hydrogen-bond acceptors (Lipinski definition) is 5. The monoisotopic (exact) mass is 347 g/mol. The fraction of sp³-hybridized carbons (Fsp3) is 0.556. The molecule has 0 spiro atoms. The molecular weight excluding hydrogens is 322 g/mol. The van der Waals surface area contributed by atoms with E-state index in [2.05, 4.69) is 10.2 Å². The second-order valence-electron chi connectivity index (χ2n) is 7.03. The number of fused-ring (bicyclic) bond motifs is 1. The number of likely N-dealkylation sites (N-methyl/N-ethyl adjacent to an activating group) is 1. The molecule has 0 radical (unpaired) electrons. The number of ether oxygens (including phenoxy) is 2. The predicted molar refractivity (Wildman–Crippen MR) is 93.9 cm³/mol. The smallest absolute Gasteiger partial charge is 0.239 e. The Bertz CT molecular complexity index is 666. The molecule has 1 aromatic rings. The SMILES string of the molecule is CN1CCN(C(=O)C(C)(C)C(=O)Nc2ccc3c(c2)OCCO3)CC1. The molecule has 2 aliphatic heterocycles. The Labute approximate surface area is 147 Å². The van der Waals surface area contributed by atoms with E-state index in [9.17, 15) is 9.59 Å². The third-order valence-electron chi connectivity index (χ3n) is 4.69. The van der Waals surface area contributed by atoms with Crippen molar-refractivity contribution in [3.63, 3.8) is 0 Å². The minimum atomic E-state index is -1.14. The van der Waals surface area contributed by atoms with Gasteiger partial charge in [-0.2, -0.15) is 0 Å². The van der Waals surface area contributed by atoms with Gasteiger partial charge in [0.05, 0.1) is 0 Å². The van der Waals surface area contributed by atoms with Crippen molar-refractivity contribution in [2.75, 3.05) is 51.8 Å². The standard InChI is InChI=1S/C18H25N3O4/c1-18(2,17(23)21-8-6-20(3)7-9-21)16(22)19-13-4-5-14-15(12-13)25-11-10-24-14/h4-5,12H,6-11H2,1-3H3,(H,19,22). The Balaban J connectivity index is 1.67. The minimum absolute atomic E-state index is 0.143. The van der Waals surface area contributed by atoms with Crippen molar-refractivity contribution in [3.8, 4) is 11.5 Å². The zero-order valence-electron chi connectivity index (χ0n) is 15.0. The van der Waals surface area contributed by atoms with Crippen LogP contribution in [0.3, 0.4) is 0 Å². The highest BCUT2D eigenvalue weighted by molar-refractivity contribution is 6.10. The van der Waals surface area contributed by atoms with Crippen molar-refractivity contribution in [1.82, 2.24) is 9.80 Å². The molecule has 7 nitrogen and oxygen atoms in total. The number of anilines is 1. The van der Waals surface area contributed by atoms with Crippen LogP contribution in [0.2, 0.25) is 0 Å². The summed E-state index contributed by atoms with van der Waals surface area (Å²) in [6.07, 6.45) is 0. The Morgan fingerprint density at radius 1 is 1.04 bits per heavy atom. The first-order chi connectivity index (χ1) is 11.9. The van der Waals surface area contributed by atoms with Crippen LogP contribution in [0.5, 0.6) is 11.5 Å². The van der Waals surface area contributed by atoms with Crippen molar-refractivity contribution in [3.05, 3.63) is 18.2 Å². The molecule has 25 heavy (non-hydrogen) atoms. The topological polar surface area (TPSA) is 71.1 Å². The lowest BCUT2D eigenvalue weighted by atomic mass is 9.89. The van der Waals surface area contributed by atoms with Gasteiger partial charge in [0.1, 0.15) is 18.6 Å². The molecular formula is C18H25N3O4. The number of amides is 2. The van der Waals surface area contributed by atoms with Crippen molar-refractivity contribution >= 4 is 17.5 Å². The number of nitrogens with one attached hydrogen (secondary N) is 1. The quantitative estimate of drug-likeness (QED) is 0.832. The maximum Gasteiger partial charge on any atom is 0.239 e. The molecule has 2 heterocycles. The van der Waals surface area contributed by atoms with E-state index in [4.69, 9.17) is 9.47 Å². The van der Waals surface area contributed by atoms with Gasteiger partial charge >= 0.3 is 0 Å². The lowest BCUT2D eigenvalue weighted by molar-refractivity contribution is -0.147. The summed E-state index contributed by atoms with van der Waals surface area (Å²) in [6.45, 7) is 7.29. The zero-order valence-corrected chi connectivity index (χ0v) is 15.0. The second-order valence-corrected chi connectivity index (χ2v) is 7.03.